The molecule has 0 atom stereocenters. The average molecular weight is 360 g/mol. The number of ether oxygens (including phenoxy) is 1. The number of quaternary nitrogens is 1. The van der Waals surface area contributed by atoms with E-state index in [1.165, 1.54) is 25.3 Å². The molecule has 9 heteroatoms. The highest BCUT2D eigenvalue weighted by atomic mass is 19.4. The van der Waals surface area contributed by atoms with Gasteiger partial charge in [0.1, 0.15) is 6.61 Å². The van der Waals surface area contributed by atoms with Gasteiger partial charge in [0.05, 0.1) is 37.4 Å². The van der Waals surface area contributed by atoms with E-state index in [2.05, 4.69) is 5.32 Å². The van der Waals surface area contributed by atoms with Gasteiger partial charge in [0, 0.05) is 7.11 Å². The van der Waals surface area contributed by atoms with Crippen LogP contribution in [-0.4, -0.2) is 63.2 Å². The first-order chi connectivity index (χ1) is 11.8. The standard InChI is InChI=1S/C16H20F3N3O3/c1-25-11-15(24)22-8-6-21(7-9-22)10-14(23)20-13-5-3-2-4-12(13)16(17,18)19/h2-5H,6-11H2,1H3,(H,20,23)/p+1. The van der Waals surface area contributed by atoms with E-state index in [4.69, 9.17) is 4.74 Å². The van der Waals surface area contributed by atoms with Crippen LogP contribution >= 0.6 is 0 Å². The number of halogens is 3. The van der Waals surface area contributed by atoms with Gasteiger partial charge in [0.2, 0.25) is 5.91 Å². The lowest BCUT2D eigenvalue weighted by molar-refractivity contribution is -0.895. The molecule has 2 rings (SSSR count). The molecule has 0 aromatic heterocycles. The zero-order chi connectivity index (χ0) is 18.4. The molecule has 2 N–H and O–H groups in total. The van der Waals surface area contributed by atoms with E-state index in [0.717, 1.165) is 11.0 Å². The van der Waals surface area contributed by atoms with Crippen LogP contribution in [0.3, 0.4) is 0 Å². The Balaban J connectivity index is 1.87. The molecule has 138 valence electrons. The van der Waals surface area contributed by atoms with Crippen molar-refractivity contribution in [1.82, 2.24) is 4.90 Å². The second kappa shape index (κ2) is 8.30. The molecule has 1 aromatic carbocycles. The van der Waals surface area contributed by atoms with Gasteiger partial charge >= 0.3 is 6.18 Å². The van der Waals surface area contributed by atoms with E-state index in [9.17, 15) is 22.8 Å². The number of benzene rings is 1. The van der Waals surface area contributed by atoms with Gasteiger partial charge in [-0.1, -0.05) is 12.1 Å². The van der Waals surface area contributed by atoms with Crippen LogP contribution in [0.4, 0.5) is 18.9 Å². The first kappa shape index (κ1) is 19.2. The van der Waals surface area contributed by atoms with Gasteiger partial charge in [-0.3, -0.25) is 9.59 Å². The Labute approximate surface area is 143 Å². The number of nitrogens with one attached hydrogen (secondary N) is 2. The first-order valence-electron chi connectivity index (χ1n) is 7.87. The smallest absolute Gasteiger partial charge is 0.375 e. The highest BCUT2D eigenvalue weighted by Gasteiger charge is 2.34. The lowest BCUT2D eigenvalue weighted by Gasteiger charge is -2.31. The fourth-order valence-corrected chi connectivity index (χ4v) is 2.72. The van der Waals surface area contributed by atoms with Crippen LogP contribution in [0.25, 0.3) is 0 Å². The molecule has 0 unspecified atom stereocenters. The molecule has 0 saturated carbocycles. The lowest BCUT2D eigenvalue weighted by Crippen LogP contribution is -3.15. The van der Waals surface area contributed by atoms with Gasteiger partial charge in [0.15, 0.2) is 6.54 Å². The number of anilines is 1. The Morgan fingerprint density at radius 1 is 1.24 bits per heavy atom. The maximum Gasteiger partial charge on any atom is 0.418 e. The third-order valence-corrected chi connectivity index (χ3v) is 4.01. The van der Waals surface area contributed by atoms with Gasteiger partial charge in [-0.15, -0.1) is 0 Å². The van der Waals surface area contributed by atoms with Crippen molar-refractivity contribution >= 4 is 17.5 Å². The van der Waals surface area contributed by atoms with Gasteiger partial charge in [-0.2, -0.15) is 13.2 Å². The van der Waals surface area contributed by atoms with E-state index in [1.54, 1.807) is 4.90 Å². The number of amides is 2. The fraction of sp³-hybridized carbons (Fsp3) is 0.500. The molecule has 1 fully saturated rings. The van der Waals surface area contributed by atoms with Gasteiger partial charge in [0.25, 0.3) is 5.91 Å². The van der Waals surface area contributed by atoms with Crippen molar-refractivity contribution in [3.63, 3.8) is 0 Å². The van der Waals surface area contributed by atoms with E-state index < -0.39 is 17.6 Å². The molecule has 25 heavy (non-hydrogen) atoms. The lowest BCUT2D eigenvalue weighted by atomic mass is 10.1. The zero-order valence-corrected chi connectivity index (χ0v) is 13.9. The van der Waals surface area contributed by atoms with Gasteiger partial charge in [-0.25, -0.2) is 0 Å². The summed E-state index contributed by atoms with van der Waals surface area (Å²) < 4.78 is 43.6. The summed E-state index contributed by atoms with van der Waals surface area (Å²) in [4.78, 5) is 26.4. The maximum atomic E-state index is 12.9. The molecule has 2 amide bonds. The summed E-state index contributed by atoms with van der Waals surface area (Å²) in [5.41, 5.74) is -1.11. The maximum absolute atomic E-state index is 12.9. The van der Waals surface area contributed by atoms with Crippen LogP contribution in [0.5, 0.6) is 0 Å². The summed E-state index contributed by atoms with van der Waals surface area (Å²) in [5.74, 6) is -0.589. The van der Waals surface area contributed by atoms with Crippen LogP contribution in [0, 0.1) is 0 Å². The number of rotatable bonds is 5. The molecule has 0 aliphatic carbocycles. The number of nitrogens with zero attached hydrogens (tertiary/aromatic N) is 1. The Hall–Kier alpha value is -2.13. The molecule has 0 bridgehead atoms. The van der Waals surface area contributed by atoms with Crippen molar-refractivity contribution in [2.45, 2.75) is 6.18 Å². The average Bonchev–Trinajstić information content (AvgIpc) is 2.55. The molecule has 1 aliphatic rings. The number of carbonyl (C=O) groups is 2. The molecule has 1 aliphatic heterocycles. The quantitative estimate of drug-likeness (QED) is 0.778. The molecular formula is C16H21F3N3O3+. The third kappa shape index (κ3) is 5.43. The number of para-hydroxylation sites is 1. The van der Waals surface area contributed by atoms with Crippen LogP contribution < -0.4 is 10.2 Å². The second-order valence-corrected chi connectivity index (χ2v) is 5.83. The molecule has 1 heterocycles. The molecule has 6 nitrogen and oxygen atoms in total. The molecular weight excluding hydrogens is 339 g/mol. The normalized spacial score (nSPS) is 15.9. The number of hydrogen-bond donors (Lipinski definition) is 2. The number of methoxy groups -OCH3 is 1. The van der Waals surface area contributed by atoms with Crippen molar-refractivity contribution in [2.24, 2.45) is 0 Å². The van der Waals surface area contributed by atoms with Crippen molar-refractivity contribution in [1.29, 1.82) is 0 Å². The minimum Gasteiger partial charge on any atom is -0.375 e. The van der Waals surface area contributed by atoms with Crippen LogP contribution in [-0.2, 0) is 20.5 Å². The van der Waals surface area contributed by atoms with E-state index in [1.807, 2.05) is 0 Å². The van der Waals surface area contributed by atoms with E-state index in [-0.39, 0.29) is 24.7 Å². The summed E-state index contributed by atoms with van der Waals surface area (Å²) in [7, 11) is 1.45. The highest BCUT2D eigenvalue weighted by molar-refractivity contribution is 5.92. The van der Waals surface area contributed by atoms with Crippen LogP contribution in [0.15, 0.2) is 24.3 Å². The van der Waals surface area contributed by atoms with Crippen molar-refractivity contribution < 1.29 is 32.4 Å². The largest absolute Gasteiger partial charge is 0.418 e. The molecule has 0 spiro atoms. The predicted octanol–water partition coefficient (Wildman–Crippen LogP) is 0.0174. The Kier molecular flexibility index (Phi) is 6.38. The number of carbonyl (C=O) groups excluding carboxylic acids is 2. The van der Waals surface area contributed by atoms with Crippen molar-refractivity contribution in [2.75, 3.05) is 51.8 Å². The molecule has 1 saturated heterocycles. The van der Waals surface area contributed by atoms with E-state index >= 15 is 0 Å². The Morgan fingerprint density at radius 2 is 1.88 bits per heavy atom. The van der Waals surface area contributed by atoms with Crippen molar-refractivity contribution in [3.8, 4) is 0 Å². The fourth-order valence-electron chi connectivity index (χ4n) is 2.72. The van der Waals surface area contributed by atoms with Crippen LogP contribution in [0.2, 0.25) is 0 Å². The number of hydrogen-bond acceptors (Lipinski definition) is 3. The summed E-state index contributed by atoms with van der Waals surface area (Å²) >= 11 is 0. The monoisotopic (exact) mass is 360 g/mol. The number of alkyl halides is 3. The Morgan fingerprint density at radius 3 is 2.48 bits per heavy atom. The predicted molar refractivity (Wildman–Crippen MR) is 84.1 cm³/mol. The van der Waals surface area contributed by atoms with Crippen molar-refractivity contribution in [3.05, 3.63) is 29.8 Å². The molecule has 0 radical (unpaired) electrons. The zero-order valence-electron chi connectivity index (χ0n) is 13.9. The SMILES string of the molecule is COCC(=O)N1CC[NH+](CC(=O)Nc2ccccc2C(F)(F)F)CC1. The third-order valence-electron chi connectivity index (χ3n) is 4.01. The Bertz CT molecular complexity index is 614. The van der Waals surface area contributed by atoms with Gasteiger partial charge < -0.3 is 19.9 Å². The summed E-state index contributed by atoms with van der Waals surface area (Å²) in [5, 5.41) is 2.34. The highest BCUT2D eigenvalue weighted by Crippen LogP contribution is 2.34. The summed E-state index contributed by atoms with van der Waals surface area (Å²) in [6, 6.07) is 4.89. The first-order valence-corrected chi connectivity index (χ1v) is 7.87. The van der Waals surface area contributed by atoms with E-state index in [0.29, 0.717) is 26.2 Å². The van der Waals surface area contributed by atoms with Crippen LogP contribution in [0.1, 0.15) is 5.56 Å². The second-order valence-electron chi connectivity index (χ2n) is 5.83. The minimum atomic E-state index is -4.52. The van der Waals surface area contributed by atoms with Gasteiger partial charge in [-0.05, 0) is 12.1 Å². The number of piperazine rings is 1. The summed E-state index contributed by atoms with van der Waals surface area (Å²) in [6.45, 7) is 2.17. The topological polar surface area (TPSA) is 63.1 Å². The molecule has 1 aromatic rings. The summed E-state index contributed by atoms with van der Waals surface area (Å²) in [6.07, 6.45) is -4.52. The minimum absolute atomic E-state index is 0.0179.